The van der Waals surface area contributed by atoms with Crippen LogP contribution >= 0.6 is 0 Å². The van der Waals surface area contributed by atoms with Gasteiger partial charge in [-0.3, -0.25) is 19.6 Å². The van der Waals surface area contributed by atoms with Crippen LogP contribution in [0.15, 0.2) is 118 Å². The number of aliphatic hydroxyl groups is 2. The molecule has 0 saturated heterocycles. The summed E-state index contributed by atoms with van der Waals surface area (Å²) >= 11 is 0. The molecule has 0 radical (unpaired) electrons. The van der Waals surface area contributed by atoms with Crippen LogP contribution in [-0.4, -0.2) is 33.2 Å². The summed E-state index contributed by atoms with van der Waals surface area (Å²) in [4.78, 5) is 36.2. The Balaban J connectivity index is 1.47. The fourth-order valence-corrected chi connectivity index (χ4v) is 6.09. The monoisotopic (exact) mass is 588 g/mol. The van der Waals surface area contributed by atoms with Gasteiger partial charge < -0.3 is 10.2 Å². The van der Waals surface area contributed by atoms with Crippen molar-refractivity contribution in [1.82, 2.24) is 0 Å². The quantitative estimate of drug-likeness (QED) is 0.222. The summed E-state index contributed by atoms with van der Waals surface area (Å²) < 4.78 is 0. The van der Waals surface area contributed by atoms with Crippen LogP contribution in [0.25, 0.3) is 0 Å². The van der Waals surface area contributed by atoms with Gasteiger partial charge in [-0.15, -0.1) is 0 Å². The normalized spacial score (nSPS) is 22.3. The fourth-order valence-electron chi connectivity index (χ4n) is 6.09. The minimum Gasteiger partial charge on any atom is -0.511 e. The lowest BCUT2D eigenvalue weighted by Gasteiger charge is -2.31. The van der Waals surface area contributed by atoms with Gasteiger partial charge in [-0.25, -0.2) is 0 Å². The van der Waals surface area contributed by atoms with Gasteiger partial charge in [0.15, 0.2) is 11.6 Å². The van der Waals surface area contributed by atoms with E-state index in [-0.39, 0.29) is 46.8 Å². The second kappa shape index (κ2) is 12.6. The molecule has 2 saturated carbocycles. The number of ketones is 2. The molecular formula is C38H40N2O4. The highest BCUT2D eigenvalue weighted by molar-refractivity contribution is 6.26. The minimum atomic E-state index is -0.275. The fraction of sp³-hybridized carbons (Fsp3) is 0.316. The van der Waals surface area contributed by atoms with Crippen LogP contribution in [0.3, 0.4) is 0 Å². The summed E-state index contributed by atoms with van der Waals surface area (Å²) in [6, 6.07) is 26.5. The molecule has 0 spiro atoms. The number of rotatable bonds is 6. The standard InChI is InChI=1S/C38H40N2O4/c1-37(2)21-29(35(33(43)23-37)31(41)19-25-11-7-5-8-12-25)39-27-15-17-28(18-16-27)40-30-22-38(3,4)24-34(44)36(30)32(42)20-26-13-9-6-10-14-26/h5-18,41-42H,19-24H2,1-4H3/b35-31+,36-32+,39-29?,40-30?. The van der Waals surface area contributed by atoms with Gasteiger partial charge in [0.2, 0.25) is 0 Å². The van der Waals surface area contributed by atoms with E-state index in [9.17, 15) is 19.8 Å². The van der Waals surface area contributed by atoms with E-state index in [1.165, 1.54) is 0 Å². The van der Waals surface area contributed by atoms with Gasteiger partial charge >= 0.3 is 0 Å². The molecule has 0 bridgehead atoms. The lowest BCUT2D eigenvalue weighted by molar-refractivity contribution is -0.118. The Kier molecular flexibility index (Phi) is 8.82. The minimum absolute atomic E-state index is 0.0395. The predicted octanol–water partition coefficient (Wildman–Crippen LogP) is 8.72. The molecule has 2 N–H and O–H groups in total. The Hall–Kier alpha value is -4.58. The summed E-state index contributed by atoms with van der Waals surface area (Å²) in [7, 11) is 0. The summed E-state index contributed by atoms with van der Waals surface area (Å²) in [6.07, 6.45) is 2.34. The smallest absolute Gasteiger partial charge is 0.168 e. The number of Topliss-reactive ketones (excluding diaryl/α,β-unsaturated/α-hetero) is 2. The van der Waals surface area contributed by atoms with E-state index >= 15 is 0 Å². The van der Waals surface area contributed by atoms with Crippen molar-refractivity contribution in [3.8, 4) is 0 Å². The highest BCUT2D eigenvalue weighted by atomic mass is 16.3. The molecule has 226 valence electrons. The molecule has 6 nitrogen and oxygen atoms in total. The van der Waals surface area contributed by atoms with E-state index < -0.39 is 0 Å². The summed E-state index contributed by atoms with van der Waals surface area (Å²) in [5.41, 5.74) is 4.35. The average molecular weight is 589 g/mol. The first-order chi connectivity index (χ1) is 20.9. The number of hydrogen-bond donors (Lipinski definition) is 2. The van der Waals surface area contributed by atoms with Crippen molar-refractivity contribution >= 4 is 34.4 Å². The van der Waals surface area contributed by atoms with Crippen LogP contribution in [0.1, 0.15) is 64.5 Å². The number of carbonyl (C=O) groups is 2. The molecule has 6 heteroatoms. The third kappa shape index (κ3) is 7.49. The highest BCUT2D eigenvalue weighted by Crippen LogP contribution is 2.38. The van der Waals surface area contributed by atoms with E-state index in [2.05, 4.69) is 0 Å². The van der Waals surface area contributed by atoms with Crippen molar-refractivity contribution in [2.45, 2.75) is 66.2 Å². The lowest BCUT2D eigenvalue weighted by atomic mass is 9.73. The molecule has 2 aliphatic carbocycles. The molecule has 44 heavy (non-hydrogen) atoms. The third-order valence-electron chi connectivity index (χ3n) is 8.09. The zero-order valence-electron chi connectivity index (χ0n) is 25.9. The Labute approximate surface area is 259 Å². The number of carbonyl (C=O) groups excluding carboxylic acids is 2. The van der Waals surface area contributed by atoms with E-state index in [0.29, 0.717) is 59.6 Å². The third-order valence-corrected chi connectivity index (χ3v) is 8.09. The van der Waals surface area contributed by atoms with Crippen LogP contribution in [0.4, 0.5) is 11.4 Å². The molecule has 3 aromatic rings. The van der Waals surface area contributed by atoms with E-state index in [1.807, 2.05) is 113 Å². The molecule has 0 aliphatic heterocycles. The topological polar surface area (TPSA) is 99.3 Å². The number of aliphatic imine (C=N–C) groups is 2. The Bertz CT molecular complexity index is 1550. The molecule has 0 unspecified atom stereocenters. The number of allylic oxidation sites excluding steroid dienone is 4. The first kappa shape index (κ1) is 30.9. The van der Waals surface area contributed by atoms with E-state index in [4.69, 9.17) is 9.98 Å². The Morgan fingerprint density at radius 2 is 0.909 bits per heavy atom. The van der Waals surface area contributed by atoms with Crippen LogP contribution < -0.4 is 0 Å². The van der Waals surface area contributed by atoms with Gasteiger partial charge in [-0.05, 0) is 59.1 Å². The maximum Gasteiger partial charge on any atom is 0.168 e. The largest absolute Gasteiger partial charge is 0.511 e. The van der Waals surface area contributed by atoms with Crippen molar-refractivity contribution in [3.05, 3.63) is 119 Å². The predicted molar refractivity (Wildman–Crippen MR) is 176 cm³/mol. The van der Waals surface area contributed by atoms with Crippen molar-refractivity contribution < 1.29 is 19.8 Å². The molecule has 2 aliphatic rings. The van der Waals surface area contributed by atoms with Crippen LogP contribution in [0.2, 0.25) is 0 Å². The molecule has 0 amide bonds. The molecule has 0 heterocycles. The van der Waals surface area contributed by atoms with Crippen molar-refractivity contribution in [2.75, 3.05) is 0 Å². The van der Waals surface area contributed by atoms with Crippen LogP contribution in [-0.2, 0) is 22.4 Å². The summed E-state index contributed by atoms with van der Waals surface area (Å²) in [5, 5.41) is 22.2. The number of hydrogen-bond acceptors (Lipinski definition) is 6. The van der Waals surface area contributed by atoms with Gasteiger partial charge in [0, 0.05) is 25.7 Å². The SMILES string of the molecule is CC1(C)CC(=O)/C(=C(/O)Cc2ccccc2)C(=Nc2ccc(N=C3CC(C)(C)CC(=O)/C3=C(/O)Cc3ccccc3)cc2)C1. The van der Waals surface area contributed by atoms with Crippen LogP contribution in [0.5, 0.6) is 0 Å². The first-order valence-corrected chi connectivity index (χ1v) is 15.1. The number of aliphatic hydroxyl groups excluding tert-OH is 2. The zero-order valence-corrected chi connectivity index (χ0v) is 25.9. The molecule has 0 atom stereocenters. The first-order valence-electron chi connectivity index (χ1n) is 15.1. The maximum atomic E-state index is 13.2. The average Bonchev–Trinajstić information content (AvgIpc) is 2.93. The summed E-state index contributed by atoms with van der Waals surface area (Å²) in [5.74, 6) is -0.123. The van der Waals surface area contributed by atoms with Gasteiger partial charge in [0.05, 0.1) is 33.9 Å². The molecule has 5 rings (SSSR count). The Morgan fingerprint density at radius 3 is 1.25 bits per heavy atom. The molecule has 2 fully saturated rings. The maximum absolute atomic E-state index is 13.2. The van der Waals surface area contributed by atoms with E-state index in [0.717, 1.165) is 11.1 Å². The van der Waals surface area contributed by atoms with E-state index in [1.54, 1.807) is 0 Å². The van der Waals surface area contributed by atoms with Gasteiger partial charge in [0.1, 0.15) is 11.5 Å². The van der Waals surface area contributed by atoms with Crippen molar-refractivity contribution in [3.63, 3.8) is 0 Å². The highest BCUT2D eigenvalue weighted by Gasteiger charge is 2.37. The van der Waals surface area contributed by atoms with Crippen LogP contribution in [0, 0.1) is 10.8 Å². The molecule has 0 aromatic heterocycles. The second-order valence-corrected chi connectivity index (χ2v) is 13.5. The summed E-state index contributed by atoms with van der Waals surface area (Å²) in [6.45, 7) is 8.15. The number of nitrogens with zero attached hydrogens (tertiary/aromatic N) is 2. The second-order valence-electron chi connectivity index (χ2n) is 13.5. The van der Waals surface area contributed by atoms with Gasteiger partial charge in [0.25, 0.3) is 0 Å². The molecular weight excluding hydrogens is 548 g/mol. The van der Waals surface area contributed by atoms with Gasteiger partial charge in [-0.2, -0.15) is 0 Å². The zero-order chi connectivity index (χ0) is 31.5. The Morgan fingerprint density at radius 1 is 0.568 bits per heavy atom. The molecule has 3 aromatic carbocycles. The van der Waals surface area contributed by atoms with Crippen molar-refractivity contribution in [2.24, 2.45) is 20.8 Å². The van der Waals surface area contributed by atoms with Gasteiger partial charge in [-0.1, -0.05) is 88.4 Å². The lowest BCUT2D eigenvalue weighted by Crippen LogP contribution is -2.32. The van der Waals surface area contributed by atoms with Crippen molar-refractivity contribution in [1.29, 1.82) is 0 Å². The number of benzene rings is 3.